The van der Waals surface area contributed by atoms with Crippen molar-refractivity contribution in [3.63, 3.8) is 0 Å². The molecule has 0 atom stereocenters. The van der Waals surface area contributed by atoms with E-state index in [-0.39, 0.29) is 0 Å². The smallest absolute Gasteiger partial charge is 0.0431 e. The van der Waals surface area contributed by atoms with Crippen LogP contribution in [0, 0.1) is 6.92 Å². The molecule has 1 heteroatoms. The highest BCUT2D eigenvalue weighted by Gasteiger charge is 2.10. The van der Waals surface area contributed by atoms with E-state index in [0.29, 0.717) is 6.61 Å². The molecule has 0 saturated carbocycles. The van der Waals surface area contributed by atoms with Crippen molar-refractivity contribution in [2.24, 2.45) is 0 Å². The largest absolute Gasteiger partial charge is 0.396 e. The summed E-state index contributed by atoms with van der Waals surface area (Å²) in [5, 5.41) is 8.98. The molecular formula is C30H38O. The molecule has 0 aliphatic heterocycles. The number of hydrogen-bond acceptors (Lipinski definition) is 1. The molecule has 3 aromatic carbocycles. The van der Waals surface area contributed by atoms with E-state index in [2.05, 4.69) is 81.4 Å². The zero-order chi connectivity index (χ0) is 22.1. The Balaban J connectivity index is 1.76. The molecule has 0 aromatic heterocycles. The highest BCUT2D eigenvalue weighted by atomic mass is 16.2. The Kier molecular flexibility index (Phi) is 8.91. The summed E-state index contributed by atoms with van der Waals surface area (Å²) in [6, 6.07) is 23.1. The lowest BCUT2D eigenvalue weighted by Gasteiger charge is -2.16. The maximum Gasteiger partial charge on any atom is 0.0431 e. The van der Waals surface area contributed by atoms with E-state index in [0.717, 1.165) is 51.4 Å². The van der Waals surface area contributed by atoms with Gasteiger partial charge in [-0.15, -0.1) is 0 Å². The topological polar surface area (TPSA) is 20.2 Å². The Hall–Kier alpha value is -2.38. The average molecular weight is 415 g/mol. The molecule has 1 N–H and O–H groups in total. The van der Waals surface area contributed by atoms with E-state index >= 15 is 0 Å². The van der Waals surface area contributed by atoms with E-state index in [9.17, 15) is 0 Å². The lowest BCUT2D eigenvalue weighted by molar-refractivity contribution is 0.283. The number of aryl methyl sites for hydroxylation is 6. The molecule has 31 heavy (non-hydrogen) atoms. The normalized spacial score (nSPS) is 11.1. The standard InChI is InChI=1S/C30H38O/c1-4-27-21-25(9-7-6-8-20-31)16-18-29(27)30-19-17-26(22-28(30)5-2)15-14-24-12-10-23(3)11-13-24/h10-13,16-19,21-22,31H,4-9,14-15,20H2,1-3H3. The average Bonchev–Trinajstić information content (AvgIpc) is 2.81. The van der Waals surface area contributed by atoms with Crippen LogP contribution in [0.2, 0.25) is 0 Å². The van der Waals surface area contributed by atoms with Gasteiger partial charge in [0.15, 0.2) is 0 Å². The molecule has 0 spiro atoms. The SMILES string of the molecule is CCc1cc(CCCCCO)ccc1-c1ccc(CCc2ccc(C)cc2)cc1CC. The first-order valence-electron chi connectivity index (χ1n) is 12.0. The summed E-state index contributed by atoms with van der Waals surface area (Å²) in [4.78, 5) is 0. The Morgan fingerprint density at radius 3 is 1.65 bits per heavy atom. The fourth-order valence-corrected chi connectivity index (χ4v) is 4.38. The monoisotopic (exact) mass is 414 g/mol. The first-order valence-corrected chi connectivity index (χ1v) is 12.0. The molecule has 0 unspecified atom stereocenters. The number of unbranched alkanes of at least 4 members (excludes halogenated alkanes) is 2. The minimum absolute atomic E-state index is 0.306. The van der Waals surface area contributed by atoms with Crippen molar-refractivity contribution < 1.29 is 5.11 Å². The van der Waals surface area contributed by atoms with Gasteiger partial charge >= 0.3 is 0 Å². The molecule has 0 aliphatic rings. The van der Waals surface area contributed by atoms with Crippen molar-refractivity contribution >= 4 is 0 Å². The maximum atomic E-state index is 8.98. The van der Waals surface area contributed by atoms with Crippen LogP contribution in [0.1, 0.15) is 66.5 Å². The van der Waals surface area contributed by atoms with Crippen LogP contribution in [0.15, 0.2) is 60.7 Å². The van der Waals surface area contributed by atoms with Crippen LogP contribution in [0.5, 0.6) is 0 Å². The molecule has 164 valence electrons. The molecule has 0 heterocycles. The van der Waals surface area contributed by atoms with Gasteiger partial charge < -0.3 is 5.11 Å². The third-order valence-corrected chi connectivity index (χ3v) is 6.34. The summed E-state index contributed by atoms with van der Waals surface area (Å²) in [6.45, 7) is 6.98. The predicted octanol–water partition coefficient (Wildman–Crippen LogP) is 7.28. The molecule has 0 aliphatic carbocycles. The van der Waals surface area contributed by atoms with Gasteiger partial charge in [0.05, 0.1) is 0 Å². The number of aliphatic hydroxyl groups is 1. The highest BCUT2D eigenvalue weighted by Crippen LogP contribution is 2.30. The second-order valence-corrected chi connectivity index (χ2v) is 8.71. The van der Waals surface area contributed by atoms with E-state index in [1.807, 2.05) is 0 Å². The van der Waals surface area contributed by atoms with Crippen molar-refractivity contribution in [2.45, 2.75) is 72.1 Å². The molecule has 0 amide bonds. The van der Waals surface area contributed by atoms with Crippen LogP contribution >= 0.6 is 0 Å². The van der Waals surface area contributed by atoms with Gasteiger partial charge in [-0.1, -0.05) is 86.5 Å². The van der Waals surface area contributed by atoms with Crippen LogP contribution in [0.3, 0.4) is 0 Å². The van der Waals surface area contributed by atoms with Crippen LogP contribution in [-0.2, 0) is 32.1 Å². The summed E-state index contributed by atoms with van der Waals surface area (Å²) in [5.41, 5.74) is 11.3. The van der Waals surface area contributed by atoms with E-state index in [4.69, 9.17) is 5.11 Å². The molecule has 0 bridgehead atoms. The summed E-state index contributed by atoms with van der Waals surface area (Å²) < 4.78 is 0. The molecule has 1 nitrogen and oxygen atoms in total. The van der Waals surface area contributed by atoms with E-state index in [1.54, 1.807) is 0 Å². The van der Waals surface area contributed by atoms with Crippen molar-refractivity contribution in [1.82, 2.24) is 0 Å². The highest BCUT2D eigenvalue weighted by molar-refractivity contribution is 5.71. The Labute approximate surface area is 189 Å². The van der Waals surface area contributed by atoms with Gasteiger partial charge in [0.25, 0.3) is 0 Å². The third-order valence-electron chi connectivity index (χ3n) is 6.34. The summed E-state index contributed by atoms with van der Waals surface area (Å²) >= 11 is 0. The maximum absolute atomic E-state index is 8.98. The minimum Gasteiger partial charge on any atom is -0.396 e. The number of benzene rings is 3. The van der Waals surface area contributed by atoms with Gasteiger partial charge in [-0.2, -0.15) is 0 Å². The first kappa shape index (κ1) is 23.3. The lowest BCUT2D eigenvalue weighted by Crippen LogP contribution is -1.98. The quantitative estimate of drug-likeness (QED) is 0.327. The predicted molar refractivity (Wildman–Crippen MR) is 134 cm³/mol. The second kappa shape index (κ2) is 11.9. The van der Waals surface area contributed by atoms with Crippen LogP contribution in [0.25, 0.3) is 11.1 Å². The summed E-state index contributed by atoms with van der Waals surface area (Å²) in [5.74, 6) is 0. The van der Waals surface area contributed by atoms with Gasteiger partial charge in [0, 0.05) is 6.61 Å². The zero-order valence-electron chi connectivity index (χ0n) is 19.6. The Bertz CT molecular complexity index is 953. The zero-order valence-corrected chi connectivity index (χ0v) is 19.6. The van der Waals surface area contributed by atoms with Crippen LogP contribution in [-0.4, -0.2) is 11.7 Å². The molecule has 0 radical (unpaired) electrons. The third kappa shape index (κ3) is 6.55. The van der Waals surface area contributed by atoms with Gasteiger partial charge in [-0.3, -0.25) is 0 Å². The van der Waals surface area contributed by atoms with Crippen molar-refractivity contribution in [3.05, 3.63) is 94.0 Å². The summed E-state index contributed by atoms with van der Waals surface area (Å²) in [6.07, 6.45) is 8.55. The molecule has 0 saturated heterocycles. The Morgan fingerprint density at radius 2 is 1.10 bits per heavy atom. The minimum atomic E-state index is 0.306. The van der Waals surface area contributed by atoms with Gasteiger partial charge in [-0.25, -0.2) is 0 Å². The van der Waals surface area contributed by atoms with Gasteiger partial charge in [0.1, 0.15) is 0 Å². The number of aliphatic hydroxyl groups excluding tert-OH is 1. The fraction of sp³-hybridized carbons (Fsp3) is 0.400. The van der Waals surface area contributed by atoms with Gasteiger partial charge in [-0.05, 0) is 90.8 Å². The number of rotatable bonds is 11. The second-order valence-electron chi connectivity index (χ2n) is 8.71. The Morgan fingerprint density at radius 1 is 0.581 bits per heavy atom. The van der Waals surface area contributed by atoms with E-state index < -0.39 is 0 Å². The van der Waals surface area contributed by atoms with Crippen LogP contribution < -0.4 is 0 Å². The van der Waals surface area contributed by atoms with Crippen molar-refractivity contribution in [1.29, 1.82) is 0 Å². The van der Waals surface area contributed by atoms with Crippen molar-refractivity contribution in [3.8, 4) is 11.1 Å². The fourth-order valence-electron chi connectivity index (χ4n) is 4.38. The first-order chi connectivity index (χ1) is 15.1. The van der Waals surface area contributed by atoms with E-state index in [1.165, 1.54) is 44.5 Å². The number of hydrogen-bond donors (Lipinski definition) is 1. The molecule has 3 rings (SSSR count). The van der Waals surface area contributed by atoms with Crippen molar-refractivity contribution in [2.75, 3.05) is 6.61 Å². The van der Waals surface area contributed by atoms with Gasteiger partial charge in [0.2, 0.25) is 0 Å². The molecule has 0 fully saturated rings. The molecule has 3 aromatic rings. The lowest BCUT2D eigenvalue weighted by atomic mass is 9.89. The molecular weight excluding hydrogens is 376 g/mol. The van der Waals surface area contributed by atoms with Crippen LogP contribution in [0.4, 0.5) is 0 Å². The summed E-state index contributed by atoms with van der Waals surface area (Å²) in [7, 11) is 0.